The maximum absolute atomic E-state index is 11.0. The lowest BCUT2D eigenvalue weighted by atomic mass is 10.0. The minimum absolute atomic E-state index is 0.530. The molecule has 4 nitrogen and oxygen atoms in total. The molecule has 104 valence electrons. The predicted molar refractivity (Wildman–Crippen MR) is 76.9 cm³/mol. The second kappa shape index (κ2) is 6.10. The molecule has 0 aliphatic carbocycles. The van der Waals surface area contributed by atoms with Crippen molar-refractivity contribution in [1.82, 2.24) is 0 Å². The van der Waals surface area contributed by atoms with Gasteiger partial charge < -0.3 is 14.2 Å². The maximum Gasteiger partial charge on any atom is 0.168 e. The van der Waals surface area contributed by atoms with Crippen molar-refractivity contribution in [3.05, 3.63) is 42.0 Å². The zero-order valence-corrected chi connectivity index (χ0v) is 11.7. The molecule has 2 rings (SSSR count). The van der Waals surface area contributed by atoms with E-state index in [-0.39, 0.29) is 0 Å². The molecule has 0 aromatic heterocycles. The number of carbonyl (C=O) groups excluding carboxylic acids is 1. The van der Waals surface area contributed by atoms with E-state index in [9.17, 15) is 4.79 Å². The van der Waals surface area contributed by atoms with E-state index in [2.05, 4.69) is 0 Å². The number of hydrogen-bond acceptors (Lipinski definition) is 4. The van der Waals surface area contributed by atoms with E-state index in [0.29, 0.717) is 17.1 Å². The number of methoxy groups -OCH3 is 3. The first kappa shape index (κ1) is 13.9. The van der Waals surface area contributed by atoms with Crippen molar-refractivity contribution < 1.29 is 19.0 Å². The van der Waals surface area contributed by atoms with Gasteiger partial charge >= 0.3 is 0 Å². The van der Waals surface area contributed by atoms with Crippen LogP contribution in [-0.4, -0.2) is 27.6 Å². The molecule has 2 aromatic carbocycles. The van der Waals surface area contributed by atoms with Crippen LogP contribution in [-0.2, 0) is 0 Å². The normalized spacial score (nSPS) is 9.95. The Bertz CT molecular complexity index is 603. The largest absolute Gasteiger partial charge is 0.497 e. The van der Waals surface area contributed by atoms with Gasteiger partial charge in [-0.05, 0) is 29.8 Å². The molecule has 0 radical (unpaired) electrons. The van der Waals surface area contributed by atoms with E-state index < -0.39 is 0 Å². The molecule has 0 aliphatic heterocycles. The van der Waals surface area contributed by atoms with Crippen molar-refractivity contribution >= 4 is 6.29 Å². The Kier molecular flexibility index (Phi) is 4.25. The summed E-state index contributed by atoms with van der Waals surface area (Å²) in [4.78, 5) is 11.0. The van der Waals surface area contributed by atoms with Gasteiger partial charge in [0.25, 0.3) is 0 Å². The van der Waals surface area contributed by atoms with Crippen LogP contribution in [0, 0.1) is 0 Å². The fourth-order valence-corrected chi connectivity index (χ4v) is 2.04. The Labute approximate surface area is 117 Å². The third-order valence-corrected chi connectivity index (χ3v) is 3.04. The van der Waals surface area contributed by atoms with Crippen LogP contribution in [0.1, 0.15) is 10.4 Å². The highest BCUT2D eigenvalue weighted by Gasteiger charge is 2.14. The van der Waals surface area contributed by atoms with E-state index in [4.69, 9.17) is 14.2 Å². The zero-order chi connectivity index (χ0) is 14.5. The Morgan fingerprint density at radius 1 is 0.900 bits per heavy atom. The average molecular weight is 272 g/mol. The highest BCUT2D eigenvalue weighted by Crippen LogP contribution is 2.39. The molecule has 0 amide bonds. The van der Waals surface area contributed by atoms with E-state index in [1.54, 1.807) is 33.5 Å². The molecule has 0 spiro atoms. The third kappa shape index (κ3) is 2.59. The van der Waals surface area contributed by atoms with Crippen molar-refractivity contribution in [2.45, 2.75) is 0 Å². The number of rotatable bonds is 5. The Balaban J connectivity index is 2.60. The number of hydrogen-bond donors (Lipinski definition) is 0. The third-order valence-electron chi connectivity index (χ3n) is 3.04. The second-order valence-corrected chi connectivity index (χ2v) is 4.15. The monoisotopic (exact) mass is 272 g/mol. The van der Waals surface area contributed by atoms with Crippen LogP contribution in [0.25, 0.3) is 11.1 Å². The van der Waals surface area contributed by atoms with Crippen LogP contribution in [0.15, 0.2) is 36.4 Å². The van der Waals surface area contributed by atoms with Crippen molar-refractivity contribution in [3.8, 4) is 28.4 Å². The minimum atomic E-state index is 0.530. The molecule has 0 bridgehead atoms. The number of carbonyl (C=O) groups is 1. The van der Waals surface area contributed by atoms with E-state index in [1.165, 1.54) is 0 Å². The van der Waals surface area contributed by atoms with Crippen LogP contribution >= 0.6 is 0 Å². The van der Waals surface area contributed by atoms with E-state index in [1.807, 2.05) is 24.3 Å². The SMILES string of the molecule is COc1ccc(-c2cc(C=O)cc(OC)c2OC)cc1. The molecule has 0 saturated heterocycles. The first-order valence-electron chi connectivity index (χ1n) is 6.09. The minimum Gasteiger partial charge on any atom is -0.497 e. The number of ether oxygens (including phenoxy) is 3. The standard InChI is InChI=1S/C16H16O4/c1-18-13-6-4-12(5-7-13)14-8-11(10-17)9-15(19-2)16(14)20-3/h4-10H,1-3H3. The molecular formula is C16H16O4. The van der Waals surface area contributed by atoms with Gasteiger partial charge in [-0.1, -0.05) is 12.1 Å². The molecule has 2 aromatic rings. The summed E-state index contributed by atoms with van der Waals surface area (Å²) in [6.45, 7) is 0. The van der Waals surface area contributed by atoms with Crippen LogP contribution in [0.2, 0.25) is 0 Å². The van der Waals surface area contributed by atoms with Crippen molar-refractivity contribution in [1.29, 1.82) is 0 Å². The summed E-state index contributed by atoms with van der Waals surface area (Å²) >= 11 is 0. The topological polar surface area (TPSA) is 44.8 Å². The quantitative estimate of drug-likeness (QED) is 0.784. The van der Waals surface area contributed by atoms with E-state index in [0.717, 1.165) is 23.2 Å². The smallest absolute Gasteiger partial charge is 0.168 e. The number of aldehydes is 1. The highest BCUT2D eigenvalue weighted by atomic mass is 16.5. The molecule has 0 fully saturated rings. The summed E-state index contributed by atoms with van der Waals surface area (Å²) < 4.78 is 15.8. The summed E-state index contributed by atoms with van der Waals surface area (Å²) in [5.41, 5.74) is 2.26. The van der Waals surface area contributed by atoms with Gasteiger partial charge in [0.2, 0.25) is 0 Å². The Hall–Kier alpha value is -2.49. The summed E-state index contributed by atoms with van der Waals surface area (Å²) in [5, 5.41) is 0. The lowest BCUT2D eigenvalue weighted by Crippen LogP contribution is -1.96. The zero-order valence-electron chi connectivity index (χ0n) is 11.7. The van der Waals surface area contributed by atoms with Gasteiger partial charge in [-0.25, -0.2) is 0 Å². The first-order chi connectivity index (χ1) is 9.73. The van der Waals surface area contributed by atoms with Crippen molar-refractivity contribution in [3.63, 3.8) is 0 Å². The fraction of sp³-hybridized carbons (Fsp3) is 0.188. The summed E-state index contributed by atoms with van der Waals surface area (Å²) in [5.74, 6) is 1.90. The molecular weight excluding hydrogens is 256 g/mol. The maximum atomic E-state index is 11.0. The van der Waals surface area contributed by atoms with Crippen LogP contribution < -0.4 is 14.2 Å². The van der Waals surface area contributed by atoms with Gasteiger partial charge in [-0.15, -0.1) is 0 Å². The van der Waals surface area contributed by atoms with Crippen LogP contribution in [0.3, 0.4) is 0 Å². The molecule has 0 saturated carbocycles. The van der Waals surface area contributed by atoms with Crippen LogP contribution in [0.4, 0.5) is 0 Å². The molecule has 0 heterocycles. The van der Waals surface area contributed by atoms with Gasteiger partial charge in [0.05, 0.1) is 21.3 Å². The molecule has 4 heteroatoms. The Morgan fingerprint density at radius 3 is 2.10 bits per heavy atom. The Morgan fingerprint density at radius 2 is 1.60 bits per heavy atom. The van der Waals surface area contributed by atoms with Gasteiger partial charge in [0, 0.05) is 11.1 Å². The fourth-order valence-electron chi connectivity index (χ4n) is 2.04. The summed E-state index contributed by atoms with van der Waals surface area (Å²) in [6.07, 6.45) is 0.787. The first-order valence-corrected chi connectivity index (χ1v) is 6.09. The molecule has 0 N–H and O–H groups in total. The van der Waals surface area contributed by atoms with Gasteiger partial charge in [-0.3, -0.25) is 4.79 Å². The van der Waals surface area contributed by atoms with Crippen molar-refractivity contribution in [2.24, 2.45) is 0 Å². The lowest BCUT2D eigenvalue weighted by Gasteiger charge is -2.14. The number of benzene rings is 2. The van der Waals surface area contributed by atoms with Gasteiger partial charge in [-0.2, -0.15) is 0 Å². The van der Waals surface area contributed by atoms with Crippen molar-refractivity contribution in [2.75, 3.05) is 21.3 Å². The summed E-state index contributed by atoms with van der Waals surface area (Å²) in [6, 6.07) is 11.0. The van der Waals surface area contributed by atoms with Gasteiger partial charge in [0.1, 0.15) is 12.0 Å². The summed E-state index contributed by atoms with van der Waals surface area (Å²) in [7, 11) is 4.74. The average Bonchev–Trinajstić information content (AvgIpc) is 2.53. The molecule has 0 aliphatic rings. The molecule has 0 atom stereocenters. The van der Waals surface area contributed by atoms with Gasteiger partial charge in [0.15, 0.2) is 11.5 Å². The highest BCUT2D eigenvalue weighted by molar-refractivity contribution is 5.84. The lowest BCUT2D eigenvalue weighted by molar-refractivity contribution is 0.112. The van der Waals surface area contributed by atoms with E-state index >= 15 is 0 Å². The predicted octanol–water partition coefficient (Wildman–Crippen LogP) is 3.19. The molecule has 0 unspecified atom stereocenters. The van der Waals surface area contributed by atoms with Crippen LogP contribution in [0.5, 0.6) is 17.2 Å². The second-order valence-electron chi connectivity index (χ2n) is 4.15. The molecule has 20 heavy (non-hydrogen) atoms.